The topological polar surface area (TPSA) is 41.6 Å². The van der Waals surface area contributed by atoms with E-state index in [0.717, 1.165) is 18.4 Å². The van der Waals surface area contributed by atoms with Gasteiger partial charge in [-0.05, 0) is 33.1 Å². The maximum Gasteiger partial charge on any atom is 0.192 e. The average Bonchev–Trinajstić information content (AvgIpc) is 2.79. The summed E-state index contributed by atoms with van der Waals surface area (Å²) in [6.07, 6.45) is 4.07. The number of guanidine groups is 1. The van der Waals surface area contributed by atoms with Crippen LogP contribution >= 0.6 is 0 Å². The molecule has 0 amide bonds. The van der Waals surface area contributed by atoms with Crippen molar-refractivity contribution in [2.75, 3.05) is 6.54 Å². The van der Waals surface area contributed by atoms with Gasteiger partial charge < -0.3 is 10.6 Å². The molecule has 2 aliphatic rings. The summed E-state index contributed by atoms with van der Waals surface area (Å²) in [6, 6.07) is 0.463. The molecule has 0 aromatic rings. The Morgan fingerprint density at radius 2 is 2.21 bits per heavy atom. The maximum absolute atomic E-state index is 5.93. The first-order chi connectivity index (χ1) is 6.53. The minimum atomic E-state index is 0.194. The zero-order chi connectivity index (χ0) is 10.3. The van der Waals surface area contributed by atoms with Crippen molar-refractivity contribution in [1.29, 1.82) is 0 Å². The standard InChI is InChI=1S/C11H21N3/c1-8(2)14-10(12)13-7-11(14,3)6-9-4-5-9/h8-9H,4-7H2,1-3H3,(H2,12,13). The lowest BCUT2D eigenvalue weighted by atomic mass is 9.93. The molecule has 1 unspecified atom stereocenters. The lowest BCUT2D eigenvalue weighted by Gasteiger charge is -2.39. The number of aliphatic imine (C=N–C) groups is 1. The van der Waals surface area contributed by atoms with E-state index in [1.54, 1.807) is 0 Å². The fourth-order valence-electron chi connectivity index (χ4n) is 2.67. The van der Waals surface area contributed by atoms with Gasteiger partial charge in [-0.1, -0.05) is 12.8 Å². The fourth-order valence-corrected chi connectivity index (χ4v) is 2.67. The molecular formula is C11H21N3. The van der Waals surface area contributed by atoms with E-state index < -0.39 is 0 Å². The van der Waals surface area contributed by atoms with Crippen molar-refractivity contribution in [3.8, 4) is 0 Å². The van der Waals surface area contributed by atoms with Crippen LogP contribution in [0.1, 0.15) is 40.0 Å². The van der Waals surface area contributed by atoms with Gasteiger partial charge in [-0.15, -0.1) is 0 Å². The second-order valence-corrected chi connectivity index (χ2v) is 5.28. The van der Waals surface area contributed by atoms with E-state index in [9.17, 15) is 0 Å². The molecule has 0 radical (unpaired) electrons. The van der Waals surface area contributed by atoms with Crippen molar-refractivity contribution in [1.82, 2.24) is 4.90 Å². The molecule has 0 aromatic heterocycles. The molecule has 1 fully saturated rings. The summed E-state index contributed by atoms with van der Waals surface area (Å²) < 4.78 is 0. The number of hydrogen-bond acceptors (Lipinski definition) is 3. The Morgan fingerprint density at radius 1 is 1.57 bits per heavy atom. The van der Waals surface area contributed by atoms with E-state index in [0.29, 0.717) is 6.04 Å². The molecule has 0 bridgehead atoms. The predicted molar refractivity (Wildman–Crippen MR) is 59.2 cm³/mol. The highest BCUT2D eigenvalue weighted by Crippen LogP contribution is 2.40. The molecule has 3 nitrogen and oxygen atoms in total. The SMILES string of the molecule is CC(C)N1C(N)=NCC1(C)CC1CC1. The predicted octanol–water partition coefficient (Wildman–Crippen LogP) is 1.58. The average molecular weight is 195 g/mol. The van der Waals surface area contributed by atoms with E-state index in [2.05, 4.69) is 30.7 Å². The second-order valence-electron chi connectivity index (χ2n) is 5.28. The Labute approximate surface area is 86.4 Å². The van der Waals surface area contributed by atoms with Gasteiger partial charge in [0.2, 0.25) is 0 Å². The Balaban J connectivity index is 2.10. The molecule has 0 saturated heterocycles. The molecule has 1 aliphatic heterocycles. The third-order valence-corrected chi connectivity index (χ3v) is 3.35. The Bertz CT molecular complexity index is 255. The van der Waals surface area contributed by atoms with Crippen LogP contribution in [0.4, 0.5) is 0 Å². The molecule has 2 N–H and O–H groups in total. The van der Waals surface area contributed by atoms with Gasteiger partial charge in [-0.3, -0.25) is 4.99 Å². The Kier molecular flexibility index (Phi) is 2.20. The van der Waals surface area contributed by atoms with Gasteiger partial charge >= 0.3 is 0 Å². The van der Waals surface area contributed by atoms with Crippen LogP contribution in [-0.4, -0.2) is 29.0 Å². The smallest absolute Gasteiger partial charge is 0.192 e. The summed E-state index contributed by atoms with van der Waals surface area (Å²) in [5.74, 6) is 1.67. The summed E-state index contributed by atoms with van der Waals surface area (Å²) in [6.45, 7) is 7.57. The first-order valence-electron chi connectivity index (χ1n) is 5.62. The van der Waals surface area contributed by atoms with Crippen LogP contribution in [0, 0.1) is 5.92 Å². The van der Waals surface area contributed by atoms with Gasteiger partial charge in [0.05, 0.1) is 12.1 Å². The molecule has 3 heteroatoms. The van der Waals surface area contributed by atoms with E-state index in [1.165, 1.54) is 19.3 Å². The highest BCUT2D eigenvalue weighted by molar-refractivity contribution is 5.81. The Morgan fingerprint density at radius 3 is 2.71 bits per heavy atom. The van der Waals surface area contributed by atoms with E-state index in [-0.39, 0.29) is 5.54 Å². The first kappa shape index (κ1) is 9.81. The minimum Gasteiger partial charge on any atom is -0.370 e. The lowest BCUT2D eigenvalue weighted by Crippen LogP contribution is -2.53. The molecular weight excluding hydrogens is 174 g/mol. The highest BCUT2D eigenvalue weighted by Gasteiger charge is 2.42. The van der Waals surface area contributed by atoms with Crippen molar-refractivity contribution in [2.45, 2.75) is 51.6 Å². The molecule has 1 heterocycles. The van der Waals surface area contributed by atoms with Crippen LogP contribution in [0.15, 0.2) is 4.99 Å². The van der Waals surface area contributed by atoms with Crippen LogP contribution in [-0.2, 0) is 0 Å². The van der Waals surface area contributed by atoms with Gasteiger partial charge in [0.25, 0.3) is 0 Å². The van der Waals surface area contributed by atoms with Gasteiger partial charge in [0, 0.05) is 6.04 Å². The minimum absolute atomic E-state index is 0.194. The van der Waals surface area contributed by atoms with Crippen molar-refractivity contribution in [2.24, 2.45) is 16.6 Å². The fraction of sp³-hybridized carbons (Fsp3) is 0.909. The summed E-state index contributed by atoms with van der Waals surface area (Å²) in [5.41, 5.74) is 6.12. The number of nitrogens with two attached hydrogens (primary N) is 1. The van der Waals surface area contributed by atoms with E-state index in [1.807, 2.05) is 0 Å². The first-order valence-corrected chi connectivity index (χ1v) is 5.62. The van der Waals surface area contributed by atoms with Crippen LogP contribution < -0.4 is 5.73 Å². The maximum atomic E-state index is 5.93. The Hall–Kier alpha value is -0.730. The van der Waals surface area contributed by atoms with Crippen molar-refractivity contribution < 1.29 is 0 Å². The van der Waals surface area contributed by atoms with Gasteiger partial charge in [0.1, 0.15) is 0 Å². The number of rotatable bonds is 3. The monoisotopic (exact) mass is 195 g/mol. The summed E-state index contributed by atoms with van der Waals surface area (Å²) >= 11 is 0. The van der Waals surface area contributed by atoms with Crippen LogP contribution in [0.2, 0.25) is 0 Å². The quantitative estimate of drug-likeness (QED) is 0.743. The molecule has 1 aliphatic carbocycles. The second kappa shape index (κ2) is 3.14. The third kappa shape index (κ3) is 1.60. The normalized spacial score (nSPS) is 32.6. The molecule has 1 atom stereocenters. The molecule has 14 heavy (non-hydrogen) atoms. The highest BCUT2D eigenvalue weighted by atomic mass is 15.4. The van der Waals surface area contributed by atoms with E-state index in [4.69, 9.17) is 5.73 Å². The van der Waals surface area contributed by atoms with Crippen molar-refractivity contribution in [3.63, 3.8) is 0 Å². The van der Waals surface area contributed by atoms with Crippen LogP contribution in [0.3, 0.4) is 0 Å². The number of hydrogen-bond donors (Lipinski definition) is 1. The summed E-state index contributed by atoms with van der Waals surface area (Å²) in [5, 5.41) is 0. The summed E-state index contributed by atoms with van der Waals surface area (Å²) in [4.78, 5) is 6.69. The molecule has 1 saturated carbocycles. The third-order valence-electron chi connectivity index (χ3n) is 3.35. The van der Waals surface area contributed by atoms with Crippen LogP contribution in [0.5, 0.6) is 0 Å². The molecule has 0 spiro atoms. The molecule has 80 valence electrons. The van der Waals surface area contributed by atoms with Crippen molar-refractivity contribution in [3.05, 3.63) is 0 Å². The van der Waals surface area contributed by atoms with E-state index >= 15 is 0 Å². The summed E-state index contributed by atoms with van der Waals surface area (Å²) in [7, 11) is 0. The lowest BCUT2D eigenvalue weighted by molar-refractivity contribution is 0.164. The molecule has 0 aromatic carbocycles. The van der Waals surface area contributed by atoms with Crippen molar-refractivity contribution >= 4 is 5.96 Å². The zero-order valence-corrected chi connectivity index (χ0v) is 9.45. The van der Waals surface area contributed by atoms with Gasteiger partial charge in [0.15, 0.2) is 5.96 Å². The molecule has 2 rings (SSSR count). The number of nitrogens with zero attached hydrogens (tertiary/aromatic N) is 2. The van der Waals surface area contributed by atoms with Gasteiger partial charge in [-0.2, -0.15) is 0 Å². The zero-order valence-electron chi connectivity index (χ0n) is 9.45. The van der Waals surface area contributed by atoms with Crippen LogP contribution in [0.25, 0.3) is 0 Å². The largest absolute Gasteiger partial charge is 0.370 e. The van der Waals surface area contributed by atoms with Gasteiger partial charge in [-0.25, -0.2) is 0 Å².